The third-order valence-corrected chi connectivity index (χ3v) is 2.48. The standard InChI is InChI=1S/C12H14N4O/c1-16(2)9-5-3-8(4-6-9)11-14-7-10(13)12(17)15-11/h3-7H,13H2,1-2H3,(H,14,15,17). The van der Waals surface area contributed by atoms with Crippen molar-refractivity contribution in [3.63, 3.8) is 0 Å². The molecule has 0 radical (unpaired) electrons. The summed E-state index contributed by atoms with van der Waals surface area (Å²) in [5.41, 5.74) is 7.17. The van der Waals surface area contributed by atoms with E-state index in [1.807, 2.05) is 43.3 Å². The lowest BCUT2D eigenvalue weighted by atomic mass is 10.2. The summed E-state index contributed by atoms with van der Waals surface area (Å²) in [4.78, 5) is 20.1. The van der Waals surface area contributed by atoms with Crippen LogP contribution in [0.2, 0.25) is 0 Å². The summed E-state index contributed by atoms with van der Waals surface area (Å²) in [5, 5.41) is 0. The van der Waals surface area contributed by atoms with Gasteiger partial charge in [-0.25, -0.2) is 4.98 Å². The van der Waals surface area contributed by atoms with Crippen molar-refractivity contribution < 1.29 is 0 Å². The summed E-state index contributed by atoms with van der Waals surface area (Å²) >= 11 is 0. The van der Waals surface area contributed by atoms with Crippen molar-refractivity contribution in [1.82, 2.24) is 9.97 Å². The first-order chi connectivity index (χ1) is 8.08. The van der Waals surface area contributed by atoms with Gasteiger partial charge in [-0.05, 0) is 24.3 Å². The summed E-state index contributed by atoms with van der Waals surface area (Å²) in [5.74, 6) is 0.523. The molecule has 0 spiro atoms. The predicted molar refractivity (Wildman–Crippen MR) is 69.0 cm³/mol. The van der Waals surface area contributed by atoms with E-state index >= 15 is 0 Å². The molecule has 3 N–H and O–H groups in total. The summed E-state index contributed by atoms with van der Waals surface area (Å²) < 4.78 is 0. The smallest absolute Gasteiger partial charge is 0.274 e. The lowest BCUT2D eigenvalue weighted by molar-refractivity contribution is 1.12. The zero-order valence-electron chi connectivity index (χ0n) is 9.77. The zero-order valence-corrected chi connectivity index (χ0v) is 9.77. The van der Waals surface area contributed by atoms with Gasteiger partial charge in [-0.2, -0.15) is 0 Å². The maximum atomic E-state index is 11.4. The molecule has 2 aromatic rings. The zero-order chi connectivity index (χ0) is 12.4. The molecule has 0 saturated carbocycles. The van der Waals surface area contributed by atoms with Crippen LogP contribution in [0.4, 0.5) is 11.4 Å². The van der Waals surface area contributed by atoms with Crippen molar-refractivity contribution in [2.24, 2.45) is 0 Å². The lowest BCUT2D eigenvalue weighted by Crippen LogP contribution is -2.13. The molecule has 0 bridgehead atoms. The van der Waals surface area contributed by atoms with Crippen molar-refractivity contribution in [3.8, 4) is 11.4 Å². The van der Waals surface area contributed by atoms with Gasteiger partial charge in [-0.15, -0.1) is 0 Å². The highest BCUT2D eigenvalue weighted by Crippen LogP contribution is 2.18. The van der Waals surface area contributed by atoms with Crippen LogP contribution in [0, 0.1) is 0 Å². The van der Waals surface area contributed by atoms with Crippen molar-refractivity contribution in [2.75, 3.05) is 24.7 Å². The SMILES string of the molecule is CN(C)c1ccc(-c2ncc(N)c(=O)[nH]2)cc1. The second-order valence-corrected chi connectivity index (χ2v) is 3.96. The highest BCUT2D eigenvalue weighted by atomic mass is 16.1. The summed E-state index contributed by atoms with van der Waals surface area (Å²) in [6.07, 6.45) is 1.37. The van der Waals surface area contributed by atoms with Crippen LogP contribution in [0.5, 0.6) is 0 Å². The fraction of sp³-hybridized carbons (Fsp3) is 0.167. The van der Waals surface area contributed by atoms with Crippen LogP contribution in [0.15, 0.2) is 35.3 Å². The average molecular weight is 230 g/mol. The number of anilines is 2. The van der Waals surface area contributed by atoms with Crippen LogP contribution in [0.25, 0.3) is 11.4 Å². The minimum absolute atomic E-state index is 0.124. The van der Waals surface area contributed by atoms with E-state index in [2.05, 4.69) is 9.97 Å². The Labute approximate surface area is 98.9 Å². The third-order valence-electron chi connectivity index (χ3n) is 2.48. The molecule has 2 rings (SSSR count). The first-order valence-electron chi connectivity index (χ1n) is 5.20. The Balaban J connectivity index is 2.40. The highest BCUT2D eigenvalue weighted by molar-refractivity contribution is 5.60. The number of aromatic nitrogens is 2. The molecule has 1 heterocycles. The van der Waals surface area contributed by atoms with Gasteiger partial charge < -0.3 is 15.6 Å². The minimum Gasteiger partial charge on any atom is -0.393 e. The normalized spacial score (nSPS) is 10.2. The van der Waals surface area contributed by atoms with Crippen molar-refractivity contribution >= 4 is 11.4 Å². The molecule has 1 aromatic heterocycles. The maximum Gasteiger partial charge on any atom is 0.274 e. The van der Waals surface area contributed by atoms with Gasteiger partial charge in [0.05, 0.1) is 6.20 Å². The van der Waals surface area contributed by atoms with Crippen LogP contribution in [-0.2, 0) is 0 Å². The van der Waals surface area contributed by atoms with E-state index < -0.39 is 0 Å². The summed E-state index contributed by atoms with van der Waals surface area (Å²) in [7, 11) is 3.94. The van der Waals surface area contributed by atoms with E-state index in [1.165, 1.54) is 6.20 Å². The first kappa shape index (κ1) is 11.2. The van der Waals surface area contributed by atoms with Crippen LogP contribution in [0.3, 0.4) is 0 Å². The Hall–Kier alpha value is -2.30. The van der Waals surface area contributed by atoms with Gasteiger partial charge in [0.1, 0.15) is 11.5 Å². The molecule has 0 atom stereocenters. The van der Waals surface area contributed by atoms with Crippen molar-refractivity contribution in [2.45, 2.75) is 0 Å². The second kappa shape index (κ2) is 4.29. The molecule has 0 fully saturated rings. The Morgan fingerprint density at radius 3 is 2.41 bits per heavy atom. The fourth-order valence-electron chi connectivity index (χ4n) is 1.47. The molecule has 88 valence electrons. The molecule has 5 nitrogen and oxygen atoms in total. The Morgan fingerprint density at radius 2 is 1.88 bits per heavy atom. The highest BCUT2D eigenvalue weighted by Gasteiger charge is 2.03. The number of nitrogens with one attached hydrogen (secondary N) is 1. The molecule has 17 heavy (non-hydrogen) atoms. The van der Waals surface area contributed by atoms with Gasteiger partial charge in [-0.3, -0.25) is 4.79 Å². The second-order valence-electron chi connectivity index (χ2n) is 3.96. The fourth-order valence-corrected chi connectivity index (χ4v) is 1.47. The molecule has 0 aliphatic heterocycles. The number of rotatable bonds is 2. The molecule has 0 aliphatic rings. The molecule has 0 saturated heterocycles. The van der Waals surface area contributed by atoms with Gasteiger partial charge in [0.15, 0.2) is 0 Å². The lowest BCUT2D eigenvalue weighted by Gasteiger charge is -2.12. The third kappa shape index (κ3) is 2.28. The maximum absolute atomic E-state index is 11.4. The molecular weight excluding hydrogens is 216 g/mol. The first-order valence-corrected chi connectivity index (χ1v) is 5.20. The van der Waals surface area contributed by atoms with Crippen LogP contribution < -0.4 is 16.2 Å². The number of hydrogen-bond donors (Lipinski definition) is 2. The molecule has 0 amide bonds. The van der Waals surface area contributed by atoms with E-state index in [1.54, 1.807) is 0 Å². The largest absolute Gasteiger partial charge is 0.393 e. The Bertz CT molecular complexity index is 572. The predicted octanol–water partition coefficient (Wildman–Crippen LogP) is 1.09. The van der Waals surface area contributed by atoms with Gasteiger partial charge in [0.25, 0.3) is 5.56 Å². The molecule has 1 aromatic carbocycles. The molecule has 5 heteroatoms. The van der Waals surface area contributed by atoms with E-state index in [0.717, 1.165) is 11.3 Å². The van der Waals surface area contributed by atoms with E-state index in [9.17, 15) is 4.79 Å². The molecule has 0 unspecified atom stereocenters. The van der Waals surface area contributed by atoms with Gasteiger partial charge in [-0.1, -0.05) is 0 Å². The van der Waals surface area contributed by atoms with Crippen molar-refractivity contribution in [3.05, 3.63) is 40.8 Å². The number of benzene rings is 1. The van der Waals surface area contributed by atoms with Crippen LogP contribution in [-0.4, -0.2) is 24.1 Å². The number of nitrogens with zero attached hydrogens (tertiary/aromatic N) is 2. The van der Waals surface area contributed by atoms with Crippen LogP contribution in [0.1, 0.15) is 0 Å². The molecule has 0 aliphatic carbocycles. The van der Waals surface area contributed by atoms with Gasteiger partial charge >= 0.3 is 0 Å². The van der Waals surface area contributed by atoms with Crippen LogP contribution >= 0.6 is 0 Å². The van der Waals surface area contributed by atoms with Gasteiger partial charge in [0, 0.05) is 25.3 Å². The Morgan fingerprint density at radius 1 is 1.24 bits per heavy atom. The molecular formula is C12H14N4O. The minimum atomic E-state index is -0.313. The Kier molecular flexibility index (Phi) is 2.82. The van der Waals surface area contributed by atoms with E-state index in [4.69, 9.17) is 5.73 Å². The van der Waals surface area contributed by atoms with E-state index in [0.29, 0.717) is 5.82 Å². The number of hydrogen-bond acceptors (Lipinski definition) is 4. The van der Waals surface area contributed by atoms with Gasteiger partial charge in [0.2, 0.25) is 0 Å². The summed E-state index contributed by atoms with van der Waals surface area (Å²) in [6.45, 7) is 0. The summed E-state index contributed by atoms with van der Waals surface area (Å²) in [6, 6.07) is 7.74. The topological polar surface area (TPSA) is 75.0 Å². The monoisotopic (exact) mass is 230 g/mol. The number of nitrogen functional groups attached to an aromatic ring is 1. The number of aromatic amines is 1. The van der Waals surface area contributed by atoms with Crippen molar-refractivity contribution in [1.29, 1.82) is 0 Å². The van der Waals surface area contributed by atoms with E-state index in [-0.39, 0.29) is 11.2 Å². The average Bonchev–Trinajstić information content (AvgIpc) is 2.33. The number of H-pyrrole nitrogens is 1. The number of nitrogens with two attached hydrogens (primary N) is 1. The quantitative estimate of drug-likeness (QED) is 0.809.